The standard InChI is InChI=1S/C29H42O7/c1-16-23(30)6-7-26(35-16)36-19-8-10-27(2)18(13-19)4-5-21-22(27)14-24(31)28(3)20(9-11-29(21,28)33)17-12-25(32)34-15-17/h6-7,12,16,18-24,26,30-31,33H,4-5,8-11,13-15H2,1-3H3/t16-,18+,19-,20+,21+,22-,23+,24+,26-,27-,28-,29-/m0/s1. The first-order chi connectivity index (χ1) is 17.1. The number of hydrogen-bond acceptors (Lipinski definition) is 7. The van der Waals surface area contributed by atoms with Gasteiger partial charge in [0.15, 0.2) is 6.29 Å². The molecule has 0 aromatic heterocycles. The number of cyclic esters (lactones) is 1. The predicted molar refractivity (Wildman–Crippen MR) is 131 cm³/mol. The first-order valence-electron chi connectivity index (χ1n) is 14.0. The predicted octanol–water partition coefficient (Wildman–Crippen LogP) is 3.26. The molecular formula is C29H42O7. The van der Waals surface area contributed by atoms with Crippen LogP contribution in [0.4, 0.5) is 0 Å². The molecule has 0 amide bonds. The molecule has 0 aromatic rings. The van der Waals surface area contributed by atoms with Crippen molar-refractivity contribution in [1.82, 2.24) is 0 Å². The van der Waals surface area contributed by atoms with Crippen molar-refractivity contribution >= 4 is 5.97 Å². The topological polar surface area (TPSA) is 105 Å². The molecule has 7 heteroatoms. The van der Waals surface area contributed by atoms with Crippen LogP contribution < -0.4 is 0 Å². The molecule has 0 aromatic carbocycles. The molecule has 12 atom stereocenters. The maximum Gasteiger partial charge on any atom is 0.331 e. The van der Waals surface area contributed by atoms with Crippen molar-refractivity contribution in [3.05, 3.63) is 23.8 Å². The molecule has 6 aliphatic rings. The van der Waals surface area contributed by atoms with Crippen LogP contribution in [0.1, 0.15) is 72.1 Å². The van der Waals surface area contributed by atoms with Crippen LogP contribution in [0.15, 0.2) is 23.8 Å². The second-order valence-corrected chi connectivity index (χ2v) is 13.0. The highest BCUT2D eigenvalue weighted by Crippen LogP contribution is 2.70. The summed E-state index contributed by atoms with van der Waals surface area (Å²) in [5, 5.41) is 33.9. The van der Waals surface area contributed by atoms with E-state index in [4.69, 9.17) is 14.2 Å². The zero-order valence-electron chi connectivity index (χ0n) is 21.8. The molecule has 0 radical (unpaired) electrons. The Bertz CT molecular complexity index is 961. The molecule has 36 heavy (non-hydrogen) atoms. The summed E-state index contributed by atoms with van der Waals surface area (Å²) >= 11 is 0. The van der Waals surface area contributed by atoms with Gasteiger partial charge in [-0.05, 0) is 99.0 Å². The van der Waals surface area contributed by atoms with E-state index in [-0.39, 0.29) is 48.0 Å². The van der Waals surface area contributed by atoms with Crippen LogP contribution in [-0.2, 0) is 19.0 Å². The van der Waals surface area contributed by atoms with Gasteiger partial charge < -0.3 is 29.5 Å². The molecule has 6 rings (SSSR count). The highest BCUT2D eigenvalue weighted by molar-refractivity contribution is 5.85. The van der Waals surface area contributed by atoms with Gasteiger partial charge in [0, 0.05) is 11.5 Å². The van der Waals surface area contributed by atoms with Gasteiger partial charge in [0.2, 0.25) is 0 Å². The Morgan fingerprint density at radius 1 is 1.03 bits per heavy atom. The van der Waals surface area contributed by atoms with Gasteiger partial charge in [0.05, 0.1) is 30.0 Å². The first kappa shape index (κ1) is 25.1. The number of ether oxygens (including phenoxy) is 3. The normalized spacial score (nSPS) is 54.3. The molecule has 4 saturated carbocycles. The van der Waals surface area contributed by atoms with Crippen LogP contribution in [0, 0.1) is 34.5 Å². The van der Waals surface area contributed by atoms with Crippen LogP contribution in [-0.4, -0.2) is 64.2 Å². The molecule has 0 spiro atoms. The molecule has 0 unspecified atom stereocenters. The van der Waals surface area contributed by atoms with E-state index in [2.05, 4.69) is 13.8 Å². The van der Waals surface area contributed by atoms with Gasteiger partial charge >= 0.3 is 5.97 Å². The Labute approximate surface area is 213 Å². The largest absolute Gasteiger partial charge is 0.458 e. The molecule has 4 aliphatic carbocycles. The van der Waals surface area contributed by atoms with Gasteiger partial charge in [-0.25, -0.2) is 4.79 Å². The van der Waals surface area contributed by atoms with Crippen molar-refractivity contribution in [2.45, 2.75) is 108 Å². The van der Waals surface area contributed by atoms with E-state index in [1.165, 1.54) is 0 Å². The third-order valence-corrected chi connectivity index (χ3v) is 11.7. The molecule has 0 bridgehead atoms. The zero-order valence-corrected chi connectivity index (χ0v) is 21.8. The molecule has 2 aliphatic heterocycles. The fraction of sp³-hybridized carbons (Fsp3) is 0.828. The minimum Gasteiger partial charge on any atom is -0.458 e. The van der Waals surface area contributed by atoms with Gasteiger partial charge in [0.25, 0.3) is 0 Å². The summed E-state index contributed by atoms with van der Waals surface area (Å²) in [6.07, 6.45) is 10.5. The lowest BCUT2D eigenvalue weighted by atomic mass is 9.42. The second-order valence-electron chi connectivity index (χ2n) is 13.0. The number of aliphatic hydroxyl groups is 3. The van der Waals surface area contributed by atoms with Crippen molar-refractivity contribution < 1.29 is 34.3 Å². The van der Waals surface area contributed by atoms with Gasteiger partial charge in [0.1, 0.15) is 6.61 Å². The Balaban J connectivity index is 1.20. The SMILES string of the molecule is C[C@@H]1O[C@@H](O[C@H]2CC[C@@]3(C)[C@H](CC[C@@H]4[C@@H]3C[C@@H](O)[C@]3(C)[C@@H](C5=CC(=O)OC5)CC[C@]43O)C2)C=C[C@H]1O. The smallest absolute Gasteiger partial charge is 0.331 e. The first-order valence-corrected chi connectivity index (χ1v) is 14.0. The average Bonchev–Trinajstić information content (AvgIpc) is 3.38. The molecular weight excluding hydrogens is 460 g/mol. The summed E-state index contributed by atoms with van der Waals surface area (Å²) in [6, 6.07) is 0. The van der Waals surface area contributed by atoms with E-state index in [0.717, 1.165) is 44.1 Å². The zero-order chi connectivity index (χ0) is 25.5. The van der Waals surface area contributed by atoms with Crippen LogP contribution in [0.3, 0.4) is 0 Å². The van der Waals surface area contributed by atoms with E-state index in [1.807, 2.05) is 13.0 Å². The fourth-order valence-corrected chi connectivity index (χ4v) is 9.44. The lowest BCUT2D eigenvalue weighted by Crippen LogP contribution is -2.67. The van der Waals surface area contributed by atoms with Crippen LogP contribution in [0.2, 0.25) is 0 Å². The number of rotatable bonds is 3. The van der Waals surface area contributed by atoms with Crippen molar-refractivity contribution in [3.8, 4) is 0 Å². The van der Waals surface area contributed by atoms with Crippen molar-refractivity contribution in [3.63, 3.8) is 0 Å². The monoisotopic (exact) mass is 502 g/mol. The summed E-state index contributed by atoms with van der Waals surface area (Å²) < 4.78 is 17.4. The highest BCUT2D eigenvalue weighted by atomic mass is 16.7. The molecule has 3 N–H and O–H groups in total. The molecule has 2 heterocycles. The molecule has 200 valence electrons. The fourth-order valence-electron chi connectivity index (χ4n) is 9.44. The minimum absolute atomic E-state index is 0.0241. The van der Waals surface area contributed by atoms with E-state index in [1.54, 1.807) is 12.2 Å². The van der Waals surface area contributed by atoms with Crippen molar-refractivity contribution in [2.75, 3.05) is 6.61 Å². The number of aliphatic hydroxyl groups excluding tert-OH is 2. The average molecular weight is 503 g/mol. The number of fused-ring (bicyclic) bond motifs is 5. The Hall–Kier alpha value is -1.25. The van der Waals surface area contributed by atoms with Gasteiger partial charge in [-0.2, -0.15) is 0 Å². The van der Waals surface area contributed by atoms with E-state index in [0.29, 0.717) is 18.8 Å². The third kappa shape index (κ3) is 3.53. The maximum absolute atomic E-state index is 12.4. The highest BCUT2D eigenvalue weighted by Gasteiger charge is 2.70. The summed E-state index contributed by atoms with van der Waals surface area (Å²) in [6.45, 7) is 6.59. The van der Waals surface area contributed by atoms with E-state index >= 15 is 0 Å². The second kappa shape index (κ2) is 8.63. The van der Waals surface area contributed by atoms with Gasteiger partial charge in [-0.3, -0.25) is 0 Å². The number of carbonyl (C=O) groups excluding carboxylic acids is 1. The quantitative estimate of drug-likeness (QED) is 0.402. The van der Waals surface area contributed by atoms with Crippen LogP contribution in [0.5, 0.6) is 0 Å². The summed E-state index contributed by atoms with van der Waals surface area (Å²) in [7, 11) is 0. The Morgan fingerprint density at radius 3 is 2.56 bits per heavy atom. The Morgan fingerprint density at radius 2 is 1.83 bits per heavy atom. The number of hydrogen-bond donors (Lipinski definition) is 3. The minimum atomic E-state index is -0.939. The number of carbonyl (C=O) groups is 1. The summed E-state index contributed by atoms with van der Waals surface area (Å²) in [5.74, 6) is 0.567. The van der Waals surface area contributed by atoms with Crippen LogP contribution >= 0.6 is 0 Å². The Kier molecular flexibility index (Phi) is 6.01. The van der Waals surface area contributed by atoms with Crippen molar-refractivity contribution in [2.24, 2.45) is 34.5 Å². The maximum atomic E-state index is 12.4. The lowest BCUT2D eigenvalue weighted by Gasteiger charge is -2.65. The third-order valence-electron chi connectivity index (χ3n) is 11.7. The van der Waals surface area contributed by atoms with E-state index in [9.17, 15) is 20.1 Å². The molecule has 0 saturated heterocycles. The number of esters is 1. The summed E-state index contributed by atoms with van der Waals surface area (Å²) in [5.41, 5.74) is -0.610. The summed E-state index contributed by atoms with van der Waals surface area (Å²) in [4.78, 5) is 11.8. The van der Waals surface area contributed by atoms with Gasteiger partial charge in [-0.15, -0.1) is 0 Å². The van der Waals surface area contributed by atoms with Crippen LogP contribution in [0.25, 0.3) is 0 Å². The molecule has 7 nitrogen and oxygen atoms in total. The van der Waals surface area contributed by atoms with E-state index < -0.39 is 29.5 Å². The van der Waals surface area contributed by atoms with Gasteiger partial charge in [-0.1, -0.05) is 19.9 Å². The van der Waals surface area contributed by atoms with Crippen molar-refractivity contribution in [1.29, 1.82) is 0 Å². The molecule has 4 fully saturated rings. The lowest BCUT2D eigenvalue weighted by molar-refractivity contribution is -0.251.